The highest BCUT2D eigenvalue weighted by Crippen LogP contribution is 2.32. The lowest BCUT2D eigenvalue weighted by Gasteiger charge is -2.18. The van der Waals surface area contributed by atoms with Crippen LogP contribution in [0.15, 0.2) is 100 Å². The van der Waals surface area contributed by atoms with Gasteiger partial charge < -0.3 is 9.57 Å². The smallest absolute Gasteiger partial charge is 0.378 e. The SMILES string of the molecule is COc1ccc(C2C/C(=C3/C(=O)ONN3c3ccccc3)N=c3ccccc3=N2)cc1. The van der Waals surface area contributed by atoms with Gasteiger partial charge in [-0.3, -0.25) is 4.99 Å². The van der Waals surface area contributed by atoms with E-state index in [2.05, 4.69) is 5.59 Å². The van der Waals surface area contributed by atoms with Crippen LogP contribution in [0.1, 0.15) is 18.0 Å². The number of benzene rings is 3. The highest BCUT2D eigenvalue weighted by molar-refractivity contribution is 5.95. The Labute approximate surface area is 178 Å². The maximum absolute atomic E-state index is 12.7. The fraction of sp³-hybridized carbons (Fsp3) is 0.125. The van der Waals surface area contributed by atoms with E-state index in [0.29, 0.717) is 23.2 Å². The van der Waals surface area contributed by atoms with Crippen molar-refractivity contribution in [2.24, 2.45) is 9.98 Å². The van der Waals surface area contributed by atoms with Crippen LogP contribution < -0.4 is 26.0 Å². The molecule has 3 aromatic rings. The summed E-state index contributed by atoms with van der Waals surface area (Å²) in [6.45, 7) is 0. The van der Waals surface area contributed by atoms with Crippen molar-refractivity contribution >= 4 is 11.7 Å². The number of hydrogen-bond donors (Lipinski definition) is 1. The van der Waals surface area contributed by atoms with Crippen LogP contribution in [0.2, 0.25) is 0 Å². The number of rotatable bonds is 3. The van der Waals surface area contributed by atoms with E-state index in [0.717, 1.165) is 22.4 Å². The average Bonchev–Trinajstić information content (AvgIpc) is 3.10. The average molecular weight is 412 g/mol. The van der Waals surface area contributed by atoms with Gasteiger partial charge in [0.05, 0.1) is 35.3 Å². The van der Waals surface area contributed by atoms with Gasteiger partial charge in [0, 0.05) is 6.42 Å². The summed E-state index contributed by atoms with van der Waals surface area (Å²) in [7, 11) is 1.64. The number of fused-ring (bicyclic) bond motifs is 1. The van der Waals surface area contributed by atoms with Crippen molar-refractivity contribution in [2.75, 3.05) is 12.1 Å². The predicted molar refractivity (Wildman–Crippen MR) is 114 cm³/mol. The van der Waals surface area contributed by atoms with Gasteiger partial charge in [-0.15, -0.1) is 0 Å². The molecule has 0 radical (unpaired) electrons. The molecule has 1 unspecified atom stereocenters. The Morgan fingerprint density at radius 2 is 1.68 bits per heavy atom. The molecular weight excluding hydrogens is 392 g/mol. The number of para-hydroxylation sites is 3. The zero-order valence-corrected chi connectivity index (χ0v) is 16.9. The van der Waals surface area contributed by atoms with Gasteiger partial charge in [0.15, 0.2) is 5.70 Å². The first kappa shape index (κ1) is 19.0. The zero-order chi connectivity index (χ0) is 21.2. The number of nitrogens with one attached hydrogen (secondary N) is 1. The molecule has 1 fully saturated rings. The molecule has 1 atom stereocenters. The van der Waals surface area contributed by atoms with E-state index in [1.54, 1.807) is 12.1 Å². The van der Waals surface area contributed by atoms with Crippen LogP contribution in [-0.2, 0) is 9.63 Å². The number of methoxy groups -OCH3 is 1. The van der Waals surface area contributed by atoms with E-state index in [-0.39, 0.29) is 6.04 Å². The van der Waals surface area contributed by atoms with Gasteiger partial charge in [-0.2, -0.15) is 0 Å². The molecule has 1 N–H and O–H groups in total. The largest absolute Gasteiger partial charge is 0.497 e. The van der Waals surface area contributed by atoms with Crippen molar-refractivity contribution in [3.63, 3.8) is 0 Å². The summed E-state index contributed by atoms with van der Waals surface area (Å²) < 4.78 is 5.28. The van der Waals surface area contributed by atoms with Crippen molar-refractivity contribution < 1.29 is 14.4 Å². The minimum absolute atomic E-state index is 0.216. The fourth-order valence-electron chi connectivity index (χ4n) is 3.70. The molecule has 0 aliphatic carbocycles. The normalized spacial score (nSPS) is 20.2. The maximum Gasteiger partial charge on any atom is 0.378 e. The number of hydrazine groups is 1. The topological polar surface area (TPSA) is 75.5 Å². The van der Waals surface area contributed by atoms with Gasteiger partial charge in [0.1, 0.15) is 5.75 Å². The Balaban J connectivity index is 1.67. The molecule has 0 aromatic heterocycles. The van der Waals surface area contributed by atoms with Crippen LogP contribution >= 0.6 is 0 Å². The molecule has 3 aromatic carbocycles. The summed E-state index contributed by atoms with van der Waals surface area (Å²) in [5.41, 5.74) is 5.46. The molecule has 5 rings (SSSR count). The van der Waals surface area contributed by atoms with E-state index >= 15 is 0 Å². The summed E-state index contributed by atoms with van der Waals surface area (Å²) in [6, 6.07) is 24.8. The van der Waals surface area contributed by atoms with E-state index in [1.807, 2.05) is 78.9 Å². The van der Waals surface area contributed by atoms with E-state index < -0.39 is 5.97 Å². The molecule has 2 aliphatic rings. The highest BCUT2D eigenvalue weighted by atomic mass is 16.7. The highest BCUT2D eigenvalue weighted by Gasteiger charge is 2.34. The molecule has 0 amide bonds. The van der Waals surface area contributed by atoms with Crippen molar-refractivity contribution in [3.05, 3.63) is 107 Å². The molecule has 31 heavy (non-hydrogen) atoms. The fourth-order valence-corrected chi connectivity index (χ4v) is 3.70. The second kappa shape index (κ2) is 8.04. The number of nitrogens with zero attached hydrogens (tertiary/aromatic N) is 3. The molecule has 2 aliphatic heterocycles. The molecule has 154 valence electrons. The maximum atomic E-state index is 12.7. The number of anilines is 1. The summed E-state index contributed by atoms with van der Waals surface area (Å²) in [5, 5.41) is 3.12. The minimum Gasteiger partial charge on any atom is -0.497 e. The third kappa shape index (κ3) is 3.67. The van der Waals surface area contributed by atoms with Crippen LogP contribution in [0.3, 0.4) is 0 Å². The number of carbonyl (C=O) groups is 1. The van der Waals surface area contributed by atoms with Crippen LogP contribution in [-0.4, -0.2) is 13.1 Å². The molecule has 0 spiro atoms. The molecule has 7 heteroatoms. The first-order valence-corrected chi connectivity index (χ1v) is 9.93. The second-order valence-corrected chi connectivity index (χ2v) is 7.17. The number of ether oxygens (including phenoxy) is 1. The van der Waals surface area contributed by atoms with Crippen molar-refractivity contribution in [1.29, 1.82) is 0 Å². The minimum atomic E-state index is -0.476. The van der Waals surface area contributed by atoms with Gasteiger partial charge >= 0.3 is 5.97 Å². The quantitative estimate of drug-likeness (QED) is 0.670. The van der Waals surface area contributed by atoms with Crippen molar-refractivity contribution in [3.8, 4) is 5.75 Å². The lowest BCUT2D eigenvalue weighted by molar-refractivity contribution is -0.140. The monoisotopic (exact) mass is 412 g/mol. The lowest BCUT2D eigenvalue weighted by atomic mass is 10.0. The Hall–Kier alpha value is -3.97. The van der Waals surface area contributed by atoms with Crippen LogP contribution in [0, 0.1) is 0 Å². The van der Waals surface area contributed by atoms with Crippen LogP contribution in [0.25, 0.3) is 0 Å². The number of hydrogen-bond acceptors (Lipinski definition) is 7. The number of carbonyl (C=O) groups excluding carboxylic acids is 1. The van der Waals surface area contributed by atoms with Crippen LogP contribution in [0.4, 0.5) is 5.69 Å². The Morgan fingerprint density at radius 1 is 0.968 bits per heavy atom. The Bertz CT molecular complexity index is 1270. The molecule has 0 saturated carbocycles. The molecular formula is C24H20N4O3. The van der Waals surface area contributed by atoms with E-state index in [1.165, 1.54) is 0 Å². The molecule has 2 heterocycles. The zero-order valence-electron chi connectivity index (χ0n) is 16.9. The third-order valence-electron chi connectivity index (χ3n) is 5.25. The van der Waals surface area contributed by atoms with E-state index in [4.69, 9.17) is 19.6 Å². The van der Waals surface area contributed by atoms with Gasteiger partial charge in [0.2, 0.25) is 0 Å². The summed E-state index contributed by atoms with van der Waals surface area (Å²) in [4.78, 5) is 27.7. The summed E-state index contributed by atoms with van der Waals surface area (Å²) >= 11 is 0. The van der Waals surface area contributed by atoms with Crippen molar-refractivity contribution in [2.45, 2.75) is 12.5 Å². The molecule has 7 nitrogen and oxygen atoms in total. The molecule has 0 bridgehead atoms. The van der Waals surface area contributed by atoms with Gasteiger partial charge in [-0.05, 0) is 42.0 Å². The standard InChI is InChI=1S/C24H20N4O3/c1-30-18-13-11-16(12-14-18)21-15-22(26-20-10-6-5-9-19(20)25-21)23-24(29)31-27-28(23)17-7-3-2-4-8-17/h2-14,21,27H,15H2,1H3/b23-22+. The van der Waals surface area contributed by atoms with Crippen LogP contribution in [0.5, 0.6) is 5.75 Å². The summed E-state index contributed by atoms with van der Waals surface area (Å²) in [6.07, 6.45) is 0.441. The Morgan fingerprint density at radius 3 is 2.42 bits per heavy atom. The first-order chi connectivity index (χ1) is 15.2. The molecule has 1 saturated heterocycles. The first-order valence-electron chi connectivity index (χ1n) is 9.93. The second-order valence-electron chi connectivity index (χ2n) is 7.17. The summed E-state index contributed by atoms with van der Waals surface area (Å²) in [5.74, 6) is 0.301. The van der Waals surface area contributed by atoms with E-state index in [9.17, 15) is 4.79 Å². The van der Waals surface area contributed by atoms with Crippen molar-refractivity contribution in [1.82, 2.24) is 5.59 Å². The predicted octanol–water partition coefficient (Wildman–Crippen LogP) is 2.77. The van der Waals surface area contributed by atoms with Gasteiger partial charge in [-0.25, -0.2) is 14.8 Å². The van der Waals surface area contributed by atoms with Gasteiger partial charge in [-0.1, -0.05) is 48.1 Å². The Kier molecular flexibility index (Phi) is 4.93. The van der Waals surface area contributed by atoms with Gasteiger partial charge in [0.25, 0.3) is 0 Å². The lowest BCUT2D eigenvalue weighted by Crippen LogP contribution is -2.29. The third-order valence-corrected chi connectivity index (χ3v) is 5.25.